The fraction of sp³-hybridized carbons (Fsp3) is 0.857. The molecule has 0 aromatic carbocycles. The fourth-order valence-electron chi connectivity index (χ4n) is 1.05. The highest BCUT2D eigenvalue weighted by Crippen LogP contribution is 2.01. The molecule has 0 aliphatic rings. The van der Waals surface area contributed by atoms with E-state index >= 15 is 0 Å². The number of hydrogen-bond acceptors (Lipinski definition) is 4. The third-order valence-electron chi connectivity index (χ3n) is 1.59. The maximum Gasteiger partial charge on any atom is 0.177 e. The molecule has 1 aromatic heterocycles. The number of aryl methyl sites for hydroxylation is 1. The van der Waals surface area contributed by atoms with Crippen LogP contribution in [0.5, 0.6) is 0 Å². The lowest BCUT2D eigenvalue weighted by Gasteiger charge is -2.03. The van der Waals surface area contributed by atoms with Gasteiger partial charge in [0.05, 0.1) is 13.2 Å². The van der Waals surface area contributed by atoms with E-state index in [2.05, 4.69) is 15.4 Å². The Balaban J connectivity index is 2.41. The Morgan fingerprint density at radius 1 is 1.58 bits per heavy atom. The van der Waals surface area contributed by atoms with Crippen molar-refractivity contribution in [1.29, 1.82) is 0 Å². The molecule has 1 rings (SSSR count). The number of aliphatic hydroxyl groups is 1. The van der Waals surface area contributed by atoms with Crippen molar-refractivity contribution in [2.45, 2.75) is 32.3 Å². The molecule has 5 heteroatoms. The van der Waals surface area contributed by atoms with Crippen LogP contribution in [0.25, 0.3) is 0 Å². The summed E-state index contributed by atoms with van der Waals surface area (Å²) in [5, 5.41) is 20.8. The van der Waals surface area contributed by atoms with Gasteiger partial charge in [-0.3, -0.25) is 0 Å². The molecule has 12 heavy (non-hydrogen) atoms. The molecule has 0 radical (unpaired) electrons. The van der Waals surface area contributed by atoms with Crippen molar-refractivity contribution in [1.82, 2.24) is 20.2 Å². The second-order valence-electron chi connectivity index (χ2n) is 2.84. The molecule has 0 fully saturated rings. The maximum absolute atomic E-state index is 9.39. The Hall–Kier alpha value is -0.970. The summed E-state index contributed by atoms with van der Waals surface area (Å²) in [7, 11) is 1.71. The zero-order valence-electron chi connectivity index (χ0n) is 7.43. The van der Waals surface area contributed by atoms with Crippen molar-refractivity contribution in [3.8, 4) is 0 Å². The first kappa shape index (κ1) is 9.12. The number of aliphatic hydroxyl groups excluding tert-OH is 1. The third kappa shape index (κ3) is 2.58. The Bertz CT molecular complexity index is 235. The molecule has 0 saturated carbocycles. The SMILES string of the molecule is CCCC(O)Cc1nnn(C)n1. The molecule has 0 spiro atoms. The van der Waals surface area contributed by atoms with E-state index in [0.717, 1.165) is 12.8 Å². The van der Waals surface area contributed by atoms with E-state index in [9.17, 15) is 5.11 Å². The molecule has 1 aromatic rings. The van der Waals surface area contributed by atoms with Crippen molar-refractivity contribution in [3.05, 3.63) is 5.82 Å². The molecular formula is C7H14N4O. The van der Waals surface area contributed by atoms with Gasteiger partial charge in [-0.1, -0.05) is 13.3 Å². The molecule has 0 amide bonds. The van der Waals surface area contributed by atoms with Crippen molar-refractivity contribution >= 4 is 0 Å². The summed E-state index contributed by atoms with van der Waals surface area (Å²) in [6.45, 7) is 2.04. The maximum atomic E-state index is 9.39. The predicted octanol–water partition coefficient (Wildman–Crippen LogP) is -0.0864. The Morgan fingerprint density at radius 3 is 2.83 bits per heavy atom. The first-order valence-electron chi connectivity index (χ1n) is 4.13. The Kier molecular flexibility index (Phi) is 3.16. The van der Waals surface area contributed by atoms with Crippen LogP contribution in [-0.4, -0.2) is 31.4 Å². The van der Waals surface area contributed by atoms with Crippen LogP contribution in [0, 0.1) is 0 Å². The lowest BCUT2D eigenvalue weighted by Crippen LogP contribution is -2.11. The van der Waals surface area contributed by atoms with Gasteiger partial charge in [0.1, 0.15) is 0 Å². The molecule has 0 saturated heterocycles. The van der Waals surface area contributed by atoms with Gasteiger partial charge in [0, 0.05) is 6.42 Å². The highest BCUT2D eigenvalue weighted by Gasteiger charge is 2.07. The zero-order chi connectivity index (χ0) is 8.97. The monoisotopic (exact) mass is 170 g/mol. The number of aromatic nitrogens is 4. The molecule has 0 aliphatic carbocycles. The minimum atomic E-state index is -0.334. The summed E-state index contributed by atoms with van der Waals surface area (Å²) >= 11 is 0. The third-order valence-corrected chi connectivity index (χ3v) is 1.59. The number of hydrogen-bond donors (Lipinski definition) is 1. The van der Waals surface area contributed by atoms with Gasteiger partial charge in [-0.05, 0) is 11.6 Å². The highest BCUT2D eigenvalue weighted by molar-refractivity contribution is 4.80. The molecule has 1 N–H and O–H groups in total. The van der Waals surface area contributed by atoms with Gasteiger partial charge in [0.25, 0.3) is 0 Å². The minimum absolute atomic E-state index is 0.334. The van der Waals surface area contributed by atoms with Crippen LogP contribution in [0.15, 0.2) is 0 Å². The molecule has 1 heterocycles. The second kappa shape index (κ2) is 4.15. The van der Waals surface area contributed by atoms with E-state index in [1.807, 2.05) is 6.92 Å². The summed E-state index contributed by atoms with van der Waals surface area (Å²) in [6, 6.07) is 0. The van der Waals surface area contributed by atoms with Crippen LogP contribution < -0.4 is 0 Å². The molecule has 0 aliphatic heterocycles. The molecular weight excluding hydrogens is 156 g/mol. The van der Waals surface area contributed by atoms with Crippen LogP contribution in [0.4, 0.5) is 0 Å². The summed E-state index contributed by atoms with van der Waals surface area (Å²) in [6.07, 6.45) is 1.93. The quantitative estimate of drug-likeness (QED) is 0.686. The fourth-order valence-corrected chi connectivity index (χ4v) is 1.05. The topological polar surface area (TPSA) is 63.8 Å². The minimum Gasteiger partial charge on any atom is -0.393 e. The number of rotatable bonds is 4. The first-order chi connectivity index (χ1) is 5.72. The van der Waals surface area contributed by atoms with E-state index < -0.39 is 0 Å². The van der Waals surface area contributed by atoms with Crippen molar-refractivity contribution in [2.24, 2.45) is 7.05 Å². The molecule has 68 valence electrons. The smallest absolute Gasteiger partial charge is 0.177 e. The average Bonchev–Trinajstić information content (AvgIpc) is 2.36. The lowest BCUT2D eigenvalue weighted by atomic mass is 10.1. The van der Waals surface area contributed by atoms with Crippen LogP contribution in [0.1, 0.15) is 25.6 Å². The van der Waals surface area contributed by atoms with Crippen molar-refractivity contribution in [3.63, 3.8) is 0 Å². The van der Waals surface area contributed by atoms with Gasteiger partial charge in [-0.25, -0.2) is 0 Å². The number of nitrogens with zero attached hydrogens (tertiary/aromatic N) is 4. The van der Waals surface area contributed by atoms with Crippen molar-refractivity contribution in [2.75, 3.05) is 0 Å². The van der Waals surface area contributed by atoms with Crippen LogP contribution in [0.2, 0.25) is 0 Å². The van der Waals surface area contributed by atoms with E-state index in [-0.39, 0.29) is 6.10 Å². The zero-order valence-corrected chi connectivity index (χ0v) is 7.43. The second-order valence-corrected chi connectivity index (χ2v) is 2.84. The van der Waals surface area contributed by atoms with Gasteiger partial charge < -0.3 is 5.11 Å². The summed E-state index contributed by atoms with van der Waals surface area (Å²) < 4.78 is 0. The average molecular weight is 170 g/mol. The van der Waals surface area contributed by atoms with Crippen LogP contribution in [-0.2, 0) is 13.5 Å². The van der Waals surface area contributed by atoms with Gasteiger partial charge in [-0.2, -0.15) is 4.80 Å². The largest absolute Gasteiger partial charge is 0.393 e. The van der Waals surface area contributed by atoms with Crippen LogP contribution >= 0.6 is 0 Å². The normalized spacial score (nSPS) is 13.2. The standard InChI is InChI=1S/C7H14N4O/c1-3-4-6(12)5-7-8-10-11(2)9-7/h6,12H,3-5H2,1-2H3. The molecule has 0 bridgehead atoms. The van der Waals surface area contributed by atoms with Crippen LogP contribution in [0.3, 0.4) is 0 Å². The number of tetrazole rings is 1. The Morgan fingerprint density at radius 2 is 2.33 bits per heavy atom. The van der Waals surface area contributed by atoms with E-state index in [0.29, 0.717) is 12.2 Å². The molecule has 1 unspecified atom stereocenters. The highest BCUT2D eigenvalue weighted by atomic mass is 16.3. The Labute approximate surface area is 71.4 Å². The van der Waals surface area contributed by atoms with Gasteiger partial charge in [0.15, 0.2) is 5.82 Å². The van der Waals surface area contributed by atoms with E-state index in [4.69, 9.17) is 0 Å². The van der Waals surface area contributed by atoms with Crippen molar-refractivity contribution < 1.29 is 5.11 Å². The lowest BCUT2D eigenvalue weighted by molar-refractivity contribution is 0.161. The first-order valence-corrected chi connectivity index (χ1v) is 4.13. The van der Waals surface area contributed by atoms with Gasteiger partial charge in [0.2, 0.25) is 0 Å². The molecule has 5 nitrogen and oxygen atoms in total. The van der Waals surface area contributed by atoms with E-state index in [1.165, 1.54) is 4.80 Å². The van der Waals surface area contributed by atoms with Gasteiger partial charge >= 0.3 is 0 Å². The summed E-state index contributed by atoms with van der Waals surface area (Å²) in [5.74, 6) is 0.610. The van der Waals surface area contributed by atoms with E-state index in [1.54, 1.807) is 7.05 Å². The molecule has 1 atom stereocenters. The predicted molar refractivity (Wildman–Crippen MR) is 43.4 cm³/mol. The summed E-state index contributed by atoms with van der Waals surface area (Å²) in [5.41, 5.74) is 0. The summed E-state index contributed by atoms with van der Waals surface area (Å²) in [4.78, 5) is 1.40. The van der Waals surface area contributed by atoms with Gasteiger partial charge in [-0.15, -0.1) is 10.2 Å².